The van der Waals surface area contributed by atoms with Gasteiger partial charge in [0.15, 0.2) is 0 Å². The molecule has 3 N–H and O–H groups in total. The first-order valence-corrected chi connectivity index (χ1v) is 9.16. The van der Waals surface area contributed by atoms with Crippen molar-refractivity contribution in [1.82, 2.24) is 10.2 Å². The lowest BCUT2D eigenvalue weighted by atomic mass is 10.0. The summed E-state index contributed by atoms with van der Waals surface area (Å²) in [5.74, 6) is -0.566. The second-order valence-corrected chi connectivity index (χ2v) is 7.37. The molecule has 25 heavy (non-hydrogen) atoms. The van der Waals surface area contributed by atoms with E-state index in [0.29, 0.717) is 0 Å². The van der Waals surface area contributed by atoms with Crippen molar-refractivity contribution in [2.75, 3.05) is 13.1 Å². The molecule has 1 aromatic carbocycles. The molecule has 0 unspecified atom stereocenters. The molecule has 1 atom stereocenters. The summed E-state index contributed by atoms with van der Waals surface area (Å²) in [6.07, 6.45) is 0. The zero-order valence-corrected chi connectivity index (χ0v) is 15.7. The second kappa shape index (κ2) is 8.78. The maximum Gasteiger partial charge on any atom is 0.234 e. The summed E-state index contributed by atoms with van der Waals surface area (Å²) >= 11 is 1.61. The van der Waals surface area contributed by atoms with E-state index in [4.69, 9.17) is 5.73 Å². The van der Waals surface area contributed by atoms with Crippen LogP contribution in [0.4, 0.5) is 0 Å². The molecule has 0 saturated heterocycles. The number of benzene rings is 1. The zero-order chi connectivity index (χ0) is 18.4. The van der Waals surface area contributed by atoms with Gasteiger partial charge in [-0.3, -0.25) is 14.5 Å². The number of nitrogens with one attached hydrogen (secondary N) is 1. The van der Waals surface area contributed by atoms with Gasteiger partial charge in [0.05, 0.1) is 19.1 Å². The van der Waals surface area contributed by atoms with E-state index in [9.17, 15) is 9.59 Å². The Kier molecular flexibility index (Phi) is 6.73. The lowest BCUT2D eigenvalue weighted by Gasteiger charge is -2.26. The standard InChI is InChI=1S/C19H25N3O2S/c1-13(2)22(11-17(20)23)12-18(24)21-19(16-5-4-10-25-16)15-8-6-14(3)7-9-15/h4-10,13,19H,11-12H2,1-3H3,(H2,20,23)(H,21,24)/t19-/m1/s1. The fourth-order valence-corrected chi connectivity index (χ4v) is 3.35. The fourth-order valence-electron chi connectivity index (χ4n) is 2.55. The van der Waals surface area contributed by atoms with Crippen molar-refractivity contribution < 1.29 is 9.59 Å². The average Bonchev–Trinajstić information content (AvgIpc) is 3.06. The van der Waals surface area contributed by atoms with Crippen LogP contribution in [-0.4, -0.2) is 35.8 Å². The van der Waals surface area contributed by atoms with Crippen LogP contribution < -0.4 is 11.1 Å². The van der Waals surface area contributed by atoms with Crippen molar-refractivity contribution in [2.24, 2.45) is 5.73 Å². The predicted octanol–water partition coefficient (Wildman–Crippen LogP) is 2.46. The molecule has 0 aliphatic rings. The number of aryl methyl sites for hydroxylation is 1. The largest absolute Gasteiger partial charge is 0.369 e. The van der Waals surface area contributed by atoms with E-state index >= 15 is 0 Å². The summed E-state index contributed by atoms with van der Waals surface area (Å²) in [5, 5.41) is 5.09. The predicted molar refractivity (Wildman–Crippen MR) is 101 cm³/mol. The van der Waals surface area contributed by atoms with E-state index in [1.165, 1.54) is 5.56 Å². The normalized spacial score (nSPS) is 12.4. The summed E-state index contributed by atoms with van der Waals surface area (Å²) in [6.45, 7) is 6.11. The van der Waals surface area contributed by atoms with E-state index in [-0.39, 0.29) is 31.1 Å². The molecule has 0 aliphatic heterocycles. The van der Waals surface area contributed by atoms with Crippen LogP contribution in [0.2, 0.25) is 0 Å². The van der Waals surface area contributed by atoms with Crippen molar-refractivity contribution in [3.8, 4) is 0 Å². The molecule has 5 nitrogen and oxygen atoms in total. The van der Waals surface area contributed by atoms with Crippen LogP contribution in [0.3, 0.4) is 0 Å². The van der Waals surface area contributed by atoms with Crippen LogP contribution in [0, 0.1) is 6.92 Å². The molecule has 2 amide bonds. The number of primary amides is 1. The van der Waals surface area contributed by atoms with Crippen molar-refractivity contribution in [2.45, 2.75) is 32.9 Å². The Morgan fingerprint density at radius 3 is 2.36 bits per heavy atom. The highest BCUT2D eigenvalue weighted by atomic mass is 32.1. The van der Waals surface area contributed by atoms with E-state index in [1.807, 2.05) is 62.5 Å². The molecule has 2 rings (SSSR count). The molecule has 0 aliphatic carbocycles. The van der Waals surface area contributed by atoms with Crippen LogP contribution in [0.1, 0.15) is 35.9 Å². The zero-order valence-electron chi connectivity index (χ0n) is 14.9. The van der Waals surface area contributed by atoms with Gasteiger partial charge in [0, 0.05) is 10.9 Å². The van der Waals surface area contributed by atoms with Crippen molar-refractivity contribution >= 4 is 23.2 Å². The Morgan fingerprint density at radius 1 is 1.16 bits per heavy atom. The smallest absolute Gasteiger partial charge is 0.234 e. The van der Waals surface area contributed by atoms with Gasteiger partial charge < -0.3 is 11.1 Å². The van der Waals surface area contributed by atoms with Crippen LogP contribution in [0.15, 0.2) is 41.8 Å². The van der Waals surface area contributed by atoms with E-state index in [1.54, 1.807) is 16.2 Å². The van der Waals surface area contributed by atoms with Gasteiger partial charge in [-0.15, -0.1) is 11.3 Å². The van der Waals surface area contributed by atoms with E-state index in [0.717, 1.165) is 10.4 Å². The highest BCUT2D eigenvalue weighted by molar-refractivity contribution is 7.10. The molecule has 0 spiro atoms. The third kappa shape index (κ3) is 5.69. The molecular weight excluding hydrogens is 334 g/mol. The minimum atomic E-state index is -0.435. The summed E-state index contributed by atoms with van der Waals surface area (Å²) in [6, 6.07) is 12.0. The lowest BCUT2D eigenvalue weighted by Crippen LogP contribution is -2.45. The summed E-state index contributed by atoms with van der Waals surface area (Å²) in [4.78, 5) is 26.6. The number of hydrogen-bond donors (Lipinski definition) is 2. The summed E-state index contributed by atoms with van der Waals surface area (Å²) in [5.41, 5.74) is 7.49. The first-order chi connectivity index (χ1) is 11.9. The third-order valence-electron chi connectivity index (χ3n) is 3.98. The number of hydrogen-bond acceptors (Lipinski definition) is 4. The van der Waals surface area contributed by atoms with Crippen molar-refractivity contribution in [1.29, 1.82) is 0 Å². The monoisotopic (exact) mass is 359 g/mol. The third-order valence-corrected chi connectivity index (χ3v) is 4.92. The Hall–Kier alpha value is -2.18. The highest BCUT2D eigenvalue weighted by Crippen LogP contribution is 2.26. The SMILES string of the molecule is Cc1ccc([C@@H](NC(=O)CN(CC(N)=O)C(C)C)c2cccs2)cc1. The average molecular weight is 359 g/mol. The topological polar surface area (TPSA) is 75.4 Å². The molecule has 1 aromatic heterocycles. The van der Waals surface area contributed by atoms with Gasteiger partial charge in [-0.25, -0.2) is 0 Å². The van der Waals surface area contributed by atoms with Gasteiger partial charge in [-0.1, -0.05) is 35.9 Å². The highest BCUT2D eigenvalue weighted by Gasteiger charge is 2.21. The number of carbonyl (C=O) groups is 2. The van der Waals surface area contributed by atoms with Crippen LogP contribution in [0.5, 0.6) is 0 Å². The Morgan fingerprint density at radius 2 is 1.84 bits per heavy atom. The maximum absolute atomic E-state index is 12.6. The minimum absolute atomic E-state index is 0.0535. The Bertz CT molecular complexity index is 696. The maximum atomic E-state index is 12.6. The van der Waals surface area contributed by atoms with Crippen molar-refractivity contribution in [3.63, 3.8) is 0 Å². The quantitative estimate of drug-likeness (QED) is 0.760. The molecule has 2 aromatic rings. The van der Waals surface area contributed by atoms with Crippen molar-refractivity contribution in [3.05, 3.63) is 57.8 Å². The Balaban J connectivity index is 2.15. The molecule has 0 radical (unpaired) electrons. The van der Waals surface area contributed by atoms with E-state index in [2.05, 4.69) is 5.32 Å². The summed E-state index contributed by atoms with van der Waals surface area (Å²) in [7, 11) is 0. The number of nitrogens with two attached hydrogens (primary N) is 1. The molecule has 1 heterocycles. The molecule has 6 heteroatoms. The summed E-state index contributed by atoms with van der Waals surface area (Å²) < 4.78 is 0. The fraction of sp³-hybridized carbons (Fsp3) is 0.368. The molecule has 0 saturated carbocycles. The number of carbonyl (C=O) groups excluding carboxylic acids is 2. The first kappa shape index (κ1) is 19.1. The van der Waals surface area contributed by atoms with Gasteiger partial charge in [0.25, 0.3) is 0 Å². The van der Waals surface area contributed by atoms with Gasteiger partial charge in [0.2, 0.25) is 11.8 Å². The molecule has 0 fully saturated rings. The number of amides is 2. The van der Waals surface area contributed by atoms with Crippen LogP contribution >= 0.6 is 11.3 Å². The number of rotatable bonds is 8. The minimum Gasteiger partial charge on any atom is -0.369 e. The van der Waals surface area contributed by atoms with E-state index < -0.39 is 5.91 Å². The Labute approximate surface area is 152 Å². The van der Waals surface area contributed by atoms with Crippen LogP contribution in [-0.2, 0) is 9.59 Å². The van der Waals surface area contributed by atoms with Gasteiger partial charge in [0.1, 0.15) is 0 Å². The first-order valence-electron chi connectivity index (χ1n) is 8.28. The van der Waals surface area contributed by atoms with Crippen LogP contribution in [0.25, 0.3) is 0 Å². The second-order valence-electron chi connectivity index (χ2n) is 6.39. The molecule has 134 valence electrons. The number of nitrogens with zero attached hydrogens (tertiary/aromatic N) is 1. The molecule has 0 bridgehead atoms. The number of thiophene rings is 1. The van der Waals surface area contributed by atoms with Gasteiger partial charge in [-0.05, 0) is 37.8 Å². The van der Waals surface area contributed by atoms with Gasteiger partial charge >= 0.3 is 0 Å². The molecular formula is C19H25N3O2S. The lowest BCUT2D eigenvalue weighted by molar-refractivity contribution is -0.125. The van der Waals surface area contributed by atoms with Gasteiger partial charge in [-0.2, -0.15) is 0 Å².